The lowest BCUT2D eigenvalue weighted by molar-refractivity contribution is 0.196. The number of thiophene rings is 1. The SMILES string of the molecule is CCN1CCN(S(=O)(=O)c2ccc3sccc3c2)CC1. The highest BCUT2D eigenvalue weighted by Crippen LogP contribution is 2.26. The maximum absolute atomic E-state index is 12.7. The molecule has 0 bridgehead atoms. The molecule has 0 atom stereocenters. The van der Waals surface area contributed by atoms with Crippen LogP contribution in [-0.4, -0.2) is 50.3 Å². The van der Waals surface area contributed by atoms with E-state index in [4.69, 9.17) is 0 Å². The van der Waals surface area contributed by atoms with Crippen molar-refractivity contribution in [2.75, 3.05) is 32.7 Å². The quantitative estimate of drug-likeness (QED) is 0.873. The van der Waals surface area contributed by atoms with E-state index < -0.39 is 10.0 Å². The Morgan fingerprint density at radius 2 is 1.90 bits per heavy atom. The van der Waals surface area contributed by atoms with E-state index >= 15 is 0 Å². The van der Waals surface area contributed by atoms with Crippen LogP contribution in [0.4, 0.5) is 0 Å². The fourth-order valence-corrected chi connectivity index (χ4v) is 4.77. The molecule has 1 aliphatic rings. The third kappa shape index (κ3) is 2.48. The largest absolute Gasteiger partial charge is 0.301 e. The molecular weight excluding hydrogens is 292 g/mol. The lowest BCUT2D eigenvalue weighted by Gasteiger charge is -2.33. The Balaban J connectivity index is 1.87. The second-order valence-corrected chi connectivity index (χ2v) is 7.84. The van der Waals surface area contributed by atoms with Crippen molar-refractivity contribution in [1.82, 2.24) is 9.21 Å². The minimum absolute atomic E-state index is 0.411. The molecule has 108 valence electrons. The van der Waals surface area contributed by atoms with Crippen LogP contribution in [0.1, 0.15) is 6.92 Å². The molecule has 1 aromatic heterocycles. The van der Waals surface area contributed by atoms with Crippen LogP contribution in [0, 0.1) is 0 Å². The van der Waals surface area contributed by atoms with Crippen molar-refractivity contribution in [2.24, 2.45) is 0 Å². The van der Waals surface area contributed by atoms with Gasteiger partial charge in [0.1, 0.15) is 0 Å². The van der Waals surface area contributed by atoms with Gasteiger partial charge in [-0.15, -0.1) is 11.3 Å². The molecule has 0 radical (unpaired) electrons. The number of piperazine rings is 1. The van der Waals surface area contributed by atoms with Gasteiger partial charge in [-0.1, -0.05) is 6.92 Å². The zero-order valence-corrected chi connectivity index (χ0v) is 13.1. The molecule has 0 amide bonds. The minimum atomic E-state index is -3.35. The highest BCUT2D eigenvalue weighted by atomic mass is 32.2. The van der Waals surface area contributed by atoms with Crippen LogP contribution in [0.5, 0.6) is 0 Å². The van der Waals surface area contributed by atoms with Gasteiger partial charge in [-0.2, -0.15) is 4.31 Å². The van der Waals surface area contributed by atoms with Gasteiger partial charge in [0, 0.05) is 30.9 Å². The van der Waals surface area contributed by atoms with Crippen LogP contribution in [0.3, 0.4) is 0 Å². The van der Waals surface area contributed by atoms with Gasteiger partial charge in [-0.05, 0) is 41.6 Å². The fraction of sp³-hybridized carbons (Fsp3) is 0.429. The van der Waals surface area contributed by atoms with Crippen LogP contribution in [0.25, 0.3) is 10.1 Å². The number of benzene rings is 1. The van der Waals surface area contributed by atoms with E-state index in [0.29, 0.717) is 18.0 Å². The van der Waals surface area contributed by atoms with Crippen LogP contribution in [-0.2, 0) is 10.0 Å². The number of rotatable bonds is 3. The summed E-state index contributed by atoms with van der Waals surface area (Å²) in [4.78, 5) is 2.68. The summed E-state index contributed by atoms with van der Waals surface area (Å²) in [6, 6.07) is 7.37. The smallest absolute Gasteiger partial charge is 0.243 e. The Bertz CT molecular complexity index is 701. The zero-order chi connectivity index (χ0) is 14.2. The van der Waals surface area contributed by atoms with E-state index in [1.807, 2.05) is 17.5 Å². The lowest BCUT2D eigenvalue weighted by atomic mass is 10.3. The molecule has 1 fully saturated rings. The molecule has 0 spiro atoms. The van der Waals surface area contributed by atoms with E-state index in [0.717, 1.165) is 29.7 Å². The molecule has 1 aliphatic heterocycles. The first-order valence-electron chi connectivity index (χ1n) is 6.81. The lowest BCUT2D eigenvalue weighted by Crippen LogP contribution is -2.48. The van der Waals surface area contributed by atoms with Gasteiger partial charge in [0.15, 0.2) is 0 Å². The molecule has 0 aliphatic carbocycles. The van der Waals surface area contributed by atoms with E-state index in [1.165, 1.54) is 0 Å². The maximum atomic E-state index is 12.7. The second-order valence-electron chi connectivity index (χ2n) is 4.96. The van der Waals surface area contributed by atoms with Crippen molar-refractivity contribution in [1.29, 1.82) is 0 Å². The average Bonchev–Trinajstić information content (AvgIpc) is 2.94. The molecule has 6 heteroatoms. The summed E-state index contributed by atoms with van der Waals surface area (Å²) < 4.78 is 28.0. The number of nitrogens with zero attached hydrogens (tertiary/aromatic N) is 2. The molecule has 1 saturated heterocycles. The number of hydrogen-bond acceptors (Lipinski definition) is 4. The molecule has 2 heterocycles. The normalized spacial score (nSPS) is 18.6. The Morgan fingerprint density at radius 1 is 1.15 bits per heavy atom. The Kier molecular flexibility index (Phi) is 3.81. The summed E-state index contributed by atoms with van der Waals surface area (Å²) >= 11 is 1.63. The average molecular weight is 310 g/mol. The molecular formula is C14H18N2O2S2. The summed E-state index contributed by atoms with van der Waals surface area (Å²) in [7, 11) is -3.35. The summed E-state index contributed by atoms with van der Waals surface area (Å²) in [5, 5.41) is 2.99. The summed E-state index contributed by atoms with van der Waals surface area (Å²) in [6.45, 7) is 5.88. The Hall–Kier alpha value is -0.950. The van der Waals surface area contributed by atoms with Crippen molar-refractivity contribution < 1.29 is 8.42 Å². The third-order valence-corrected chi connectivity index (χ3v) is 6.63. The van der Waals surface area contributed by atoms with Gasteiger partial charge >= 0.3 is 0 Å². The zero-order valence-electron chi connectivity index (χ0n) is 11.4. The van der Waals surface area contributed by atoms with Crippen molar-refractivity contribution in [3.8, 4) is 0 Å². The van der Waals surface area contributed by atoms with Crippen molar-refractivity contribution in [3.63, 3.8) is 0 Å². The van der Waals surface area contributed by atoms with Crippen molar-refractivity contribution >= 4 is 31.4 Å². The van der Waals surface area contributed by atoms with Gasteiger partial charge in [-0.25, -0.2) is 8.42 Å². The first-order valence-corrected chi connectivity index (χ1v) is 9.13. The highest BCUT2D eigenvalue weighted by Gasteiger charge is 2.28. The van der Waals surface area contributed by atoms with Gasteiger partial charge in [0.05, 0.1) is 4.90 Å². The molecule has 0 unspecified atom stereocenters. The molecule has 20 heavy (non-hydrogen) atoms. The van der Waals surface area contributed by atoms with Crippen molar-refractivity contribution in [2.45, 2.75) is 11.8 Å². The summed E-state index contributed by atoms with van der Waals surface area (Å²) in [6.07, 6.45) is 0. The third-order valence-electron chi connectivity index (χ3n) is 3.84. The predicted molar refractivity (Wildman–Crippen MR) is 82.7 cm³/mol. The monoisotopic (exact) mass is 310 g/mol. The summed E-state index contributed by atoms with van der Waals surface area (Å²) in [5.41, 5.74) is 0. The van der Waals surface area contributed by atoms with Crippen LogP contribution >= 0.6 is 11.3 Å². The van der Waals surface area contributed by atoms with E-state index in [9.17, 15) is 8.42 Å². The van der Waals surface area contributed by atoms with Crippen LogP contribution < -0.4 is 0 Å². The Labute approximate surface area is 123 Å². The molecule has 0 N–H and O–H groups in total. The van der Waals surface area contributed by atoms with E-state index in [1.54, 1.807) is 27.8 Å². The second kappa shape index (κ2) is 5.44. The van der Waals surface area contributed by atoms with Crippen LogP contribution in [0.15, 0.2) is 34.5 Å². The molecule has 1 aromatic carbocycles. The Morgan fingerprint density at radius 3 is 2.60 bits per heavy atom. The predicted octanol–water partition coefficient (Wildman–Crippen LogP) is 2.23. The van der Waals surface area contributed by atoms with E-state index in [2.05, 4.69) is 11.8 Å². The maximum Gasteiger partial charge on any atom is 0.243 e. The first-order chi connectivity index (χ1) is 9.61. The molecule has 0 saturated carbocycles. The summed E-state index contributed by atoms with van der Waals surface area (Å²) in [5.74, 6) is 0. The van der Waals surface area contributed by atoms with Crippen LogP contribution in [0.2, 0.25) is 0 Å². The number of fused-ring (bicyclic) bond motifs is 1. The number of sulfonamides is 1. The molecule has 4 nitrogen and oxygen atoms in total. The van der Waals surface area contributed by atoms with Crippen molar-refractivity contribution in [3.05, 3.63) is 29.6 Å². The van der Waals surface area contributed by atoms with Gasteiger partial charge in [-0.3, -0.25) is 0 Å². The number of hydrogen-bond donors (Lipinski definition) is 0. The molecule has 3 rings (SSSR count). The standard InChI is InChI=1S/C14H18N2O2S2/c1-2-15-6-8-16(9-7-15)20(17,18)13-3-4-14-12(11-13)5-10-19-14/h3-5,10-11H,2,6-9H2,1H3. The molecule has 2 aromatic rings. The number of likely N-dealkylation sites (N-methyl/N-ethyl adjacent to an activating group) is 1. The van der Waals surface area contributed by atoms with Gasteiger partial charge in [0.25, 0.3) is 0 Å². The topological polar surface area (TPSA) is 40.6 Å². The minimum Gasteiger partial charge on any atom is -0.301 e. The fourth-order valence-electron chi connectivity index (χ4n) is 2.54. The van der Waals surface area contributed by atoms with Gasteiger partial charge in [0.2, 0.25) is 10.0 Å². The van der Waals surface area contributed by atoms with E-state index in [-0.39, 0.29) is 0 Å². The first kappa shape index (κ1) is 14.0. The van der Waals surface area contributed by atoms with Gasteiger partial charge < -0.3 is 4.90 Å². The highest BCUT2D eigenvalue weighted by molar-refractivity contribution is 7.89.